The number of hydrogen-bond donors (Lipinski definition) is 1. The van der Waals surface area contributed by atoms with Gasteiger partial charge in [-0.15, -0.1) is 11.3 Å². The minimum atomic E-state index is -3.64. The van der Waals surface area contributed by atoms with Crippen LogP contribution in [-0.2, 0) is 10.0 Å². The molecule has 0 saturated carbocycles. The van der Waals surface area contributed by atoms with E-state index in [1.165, 1.54) is 23.5 Å². The lowest BCUT2D eigenvalue weighted by molar-refractivity contribution is 0.600. The van der Waals surface area contributed by atoms with Gasteiger partial charge < -0.3 is 0 Å². The van der Waals surface area contributed by atoms with Crippen molar-refractivity contribution in [2.24, 2.45) is 0 Å². The second-order valence-electron chi connectivity index (χ2n) is 5.08. The highest BCUT2D eigenvalue weighted by Crippen LogP contribution is 2.31. The van der Waals surface area contributed by atoms with Crippen LogP contribution < -0.4 is 4.72 Å². The summed E-state index contributed by atoms with van der Waals surface area (Å²) in [5.74, 6) is -0.321. The van der Waals surface area contributed by atoms with Crippen LogP contribution >= 0.6 is 11.3 Å². The molecule has 23 heavy (non-hydrogen) atoms. The van der Waals surface area contributed by atoms with Gasteiger partial charge in [0.15, 0.2) is 0 Å². The highest BCUT2D eigenvalue weighted by atomic mass is 32.2. The minimum absolute atomic E-state index is 0.249. The summed E-state index contributed by atoms with van der Waals surface area (Å²) in [6, 6.07) is 14.7. The summed E-state index contributed by atoms with van der Waals surface area (Å²) in [5, 5.41) is 1.70. The molecule has 6 heteroatoms. The van der Waals surface area contributed by atoms with Crippen LogP contribution in [0.4, 0.5) is 10.1 Å². The van der Waals surface area contributed by atoms with Crippen molar-refractivity contribution in [2.45, 2.75) is 11.8 Å². The molecule has 3 rings (SSSR count). The number of aryl methyl sites for hydroxylation is 1. The number of nitrogens with one attached hydrogen (secondary N) is 1. The first-order chi connectivity index (χ1) is 11.0. The van der Waals surface area contributed by atoms with Gasteiger partial charge in [0.2, 0.25) is 0 Å². The van der Waals surface area contributed by atoms with Crippen LogP contribution in [0.3, 0.4) is 0 Å². The van der Waals surface area contributed by atoms with Crippen LogP contribution in [0.15, 0.2) is 64.9 Å². The Morgan fingerprint density at radius 1 is 1.04 bits per heavy atom. The predicted octanol–water partition coefficient (Wildman–Crippen LogP) is 4.66. The third-order valence-corrected chi connectivity index (χ3v) is 5.86. The lowest BCUT2D eigenvalue weighted by atomic mass is 10.2. The smallest absolute Gasteiger partial charge is 0.262 e. The molecule has 0 spiro atoms. The molecule has 1 N–H and O–H groups in total. The van der Waals surface area contributed by atoms with Crippen molar-refractivity contribution < 1.29 is 12.8 Å². The molecule has 0 radical (unpaired) electrons. The summed E-state index contributed by atoms with van der Waals surface area (Å²) in [7, 11) is -3.64. The molecule has 0 unspecified atom stereocenters. The number of anilines is 1. The van der Waals surface area contributed by atoms with E-state index in [0.29, 0.717) is 11.3 Å². The maximum absolute atomic E-state index is 13.3. The van der Waals surface area contributed by atoms with E-state index in [4.69, 9.17) is 0 Å². The normalized spacial score (nSPS) is 11.4. The van der Waals surface area contributed by atoms with Crippen molar-refractivity contribution in [3.8, 4) is 10.4 Å². The Kier molecular flexibility index (Phi) is 4.19. The molecule has 118 valence electrons. The quantitative estimate of drug-likeness (QED) is 0.746. The first-order valence-corrected chi connectivity index (χ1v) is 9.25. The molecule has 2 aromatic carbocycles. The lowest BCUT2D eigenvalue weighted by Gasteiger charge is -2.08. The standard InChI is InChI=1S/C17H14FNO2S2/c1-12-5-2-3-8-17(12)23(20,21)19-15-10-16(22-11-15)13-6-4-7-14(18)9-13/h2-11,19H,1H3. The highest BCUT2D eigenvalue weighted by Gasteiger charge is 2.17. The fourth-order valence-corrected chi connectivity index (χ4v) is 4.45. The molecule has 0 atom stereocenters. The van der Waals surface area contributed by atoms with E-state index in [-0.39, 0.29) is 10.7 Å². The zero-order valence-electron chi connectivity index (χ0n) is 12.3. The Labute approximate surface area is 138 Å². The van der Waals surface area contributed by atoms with Crippen molar-refractivity contribution in [3.63, 3.8) is 0 Å². The van der Waals surface area contributed by atoms with Crippen LogP contribution in [0.5, 0.6) is 0 Å². The third kappa shape index (κ3) is 3.43. The minimum Gasteiger partial charge on any atom is -0.279 e. The van der Waals surface area contributed by atoms with Crippen molar-refractivity contribution >= 4 is 27.0 Å². The summed E-state index contributed by atoms with van der Waals surface area (Å²) >= 11 is 1.36. The van der Waals surface area contributed by atoms with Gasteiger partial charge in [0.1, 0.15) is 5.82 Å². The third-order valence-electron chi connectivity index (χ3n) is 3.34. The molecule has 0 aliphatic rings. The summed E-state index contributed by atoms with van der Waals surface area (Å²) in [5.41, 5.74) is 1.87. The van der Waals surface area contributed by atoms with Crippen molar-refractivity contribution in [2.75, 3.05) is 4.72 Å². The molecule has 3 aromatic rings. The van der Waals surface area contributed by atoms with Gasteiger partial charge in [-0.1, -0.05) is 30.3 Å². The van der Waals surface area contributed by atoms with Crippen LogP contribution in [0, 0.1) is 12.7 Å². The SMILES string of the molecule is Cc1ccccc1S(=O)(=O)Nc1csc(-c2cccc(F)c2)c1. The largest absolute Gasteiger partial charge is 0.279 e. The van der Waals surface area contributed by atoms with E-state index < -0.39 is 10.0 Å². The van der Waals surface area contributed by atoms with Crippen molar-refractivity contribution in [1.82, 2.24) is 0 Å². The number of rotatable bonds is 4. The van der Waals surface area contributed by atoms with Crippen LogP contribution in [0.1, 0.15) is 5.56 Å². The van der Waals surface area contributed by atoms with Gasteiger partial charge in [-0.05, 0) is 42.3 Å². The Bertz CT molecular complexity index is 948. The van der Waals surface area contributed by atoms with E-state index in [0.717, 1.165) is 10.4 Å². The second-order valence-corrected chi connectivity index (χ2v) is 7.64. The maximum atomic E-state index is 13.3. The van der Waals surface area contributed by atoms with Gasteiger partial charge in [0, 0.05) is 10.3 Å². The van der Waals surface area contributed by atoms with Crippen molar-refractivity contribution in [1.29, 1.82) is 0 Å². The fraction of sp³-hybridized carbons (Fsp3) is 0.0588. The van der Waals surface area contributed by atoms with E-state index in [9.17, 15) is 12.8 Å². The lowest BCUT2D eigenvalue weighted by Crippen LogP contribution is -2.13. The average Bonchev–Trinajstić information content (AvgIpc) is 2.95. The van der Waals surface area contributed by atoms with Gasteiger partial charge in [0.05, 0.1) is 10.6 Å². The fourth-order valence-electron chi connectivity index (χ4n) is 2.25. The maximum Gasteiger partial charge on any atom is 0.262 e. The van der Waals surface area contributed by atoms with Crippen LogP contribution in [0.25, 0.3) is 10.4 Å². The van der Waals surface area contributed by atoms with E-state index in [1.807, 2.05) is 0 Å². The number of thiophene rings is 1. The van der Waals surface area contributed by atoms with Crippen molar-refractivity contribution in [3.05, 3.63) is 71.4 Å². The predicted molar refractivity (Wildman–Crippen MR) is 91.7 cm³/mol. The molecule has 0 amide bonds. The Morgan fingerprint density at radius 2 is 1.83 bits per heavy atom. The van der Waals surface area contributed by atoms with Gasteiger partial charge in [0.25, 0.3) is 10.0 Å². The zero-order valence-corrected chi connectivity index (χ0v) is 13.9. The molecule has 1 aromatic heterocycles. The summed E-state index contributed by atoms with van der Waals surface area (Å²) < 4.78 is 40.8. The molecule has 0 fully saturated rings. The summed E-state index contributed by atoms with van der Waals surface area (Å²) in [4.78, 5) is 1.05. The number of benzene rings is 2. The topological polar surface area (TPSA) is 46.2 Å². The molecular weight excluding hydrogens is 333 g/mol. The van der Waals surface area contributed by atoms with Gasteiger partial charge in [-0.3, -0.25) is 4.72 Å². The molecule has 0 aliphatic heterocycles. The van der Waals surface area contributed by atoms with Gasteiger partial charge in [-0.25, -0.2) is 12.8 Å². The Hall–Kier alpha value is -2.18. The average molecular weight is 347 g/mol. The molecule has 3 nitrogen and oxygen atoms in total. The zero-order chi connectivity index (χ0) is 16.4. The van der Waals surface area contributed by atoms with Crippen LogP contribution in [-0.4, -0.2) is 8.42 Å². The Balaban J connectivity index is 1.89. The molecule has 1 heterocycles. The number of sulfonamides is 1. The van der Waals surface area contributed by atoms with E-state index >= 15 is 0 Å². The van der Waals surface area contributed by atoms with E-state index in [1.54, 1.807) is 54.8 Å². The Morgan fingerprint density at radius 3 is 2.57 bits per heavy atom. The van der Waals surface area contributed by atoms with Gasteiger partial charge >= 0.3 is 0 Å². The monoisotopic (exact) mass is 347 g/mol. The highest BCUT2D eigenvalue weighted by molar-refractivity contribution is 7.92. The first kappa shape index (κ1) is 15.7. The summed E-state index contributed by atoms with van der Waals surface area (Å²) in [6.45, 7) is 1.75. The molecular formula is C17H14FNO2S2. The number of hydrogen-bond acceptors (Lipinski definition) is 3. The van der Waals surface area contributed by atoms with Crippen LogP contribution in [0.2, 0.25) is 0 Å². The molecule has 0 saturated heterocycles. The van der Waals surface area contributed by atoms with Gasteiger partial charge in [-0.2, -0.15) is 0 Å². The second kappa shape index (κ2) is 6.14. The first-order valence-electron chi connectivity index (χ1n) is 6.89. The molecule has 0 bridgehead atoms. The summed E-state index contributed by atoms with van der Waals surface area (Å²) in [6.07, 6.45) is 0. The number of halogens is 1. The van der Waals surface area contributed by atoms with E-state index in [2.05, 4.69) is 4.72 Å². The molecule has 0 aliphatic carbocycles.